The molecule has 7 heteroatoms. The minimum atomic E-state index is -0.492. The molecule has 0 aliphatic carbocycles. The molecule has 0 bridgehead atoms. The number of hydrogen-bond donors (Lipinski definition) is 0. The molecule has 0 heterocycles. The van der Waals surface area contributed by atoms with E-state index in [0.717, 1.165) is 0 Å². The number of benzene rings is 2. The van der Waals surface area contributed by atoms with Crippen LogP contribution in [0, 0.1) is 27.4 Å². The molecule has 0 fully saturated rings. The van der Waals surface area contributed by atoms with Crippen molar-refractivity contribution in [2.45, 2.75) is 13.8 Å². The molecule has 0 unspecified atom stereocenters. The van der Waals surface area contributed by atoms with Crippen molar-refractivity contribution in [1.29, 1.82) is 5.26 Å². The third-order valence-corrected chi connectivity index (χ3v) is 3.91. The van der Waals surface area contributed by atoms with Crippen molar-refractivity contribution >= 4 is 40.5 Å². The summed E-state index contributed by atoms with van der Waals surface area (Å²) in [6, 6.07) is 11.1. The maximum absolute atomic E-state index is 10.8. The van der Waals surface area contributed by atoms with Gasteiger partial charge in [-0.15, -0.1) is 0 Å². The fraction of sp³-hybridized carbons (Fsp3) is 0.211. The number of allylic oxidation sites excluding steroid dienone is 1. The first-order valence-corrected chi connectivity index (χ1v) is 8.56. The molecule has 0 aliphatic rings. The molecule has 0 radical (unpaired) electrons. The highest BCUT2D eigenvalue weighted by atomic mass is 35.5. The van der Waals surface area contributed by atoms with Crippen LogP contribution in [0.1, 0.15) is 25.0 Å². The van der Waals surface area contributed by atoms with Crippen molar-refractivity contribution in [2.24, 2.45) is 5.92 Å². The number of nitro groups is 1. The monoisotopic (exact) mass is 390 g/mol. The van der Waals surface area contributed by atoms with E-state index in [1.807, 2.05) is 13.8 Å². The molecule has 0 aromatic heterocycles. The smallest absolute Gasteiger partial charge is 0.269 e. The van der Waals surface area contributed by atoms with Crippen LogP contribution in [0.4, 0.5) is 5.69 Å². The van der Waals surface area contributed by atoms with Crippen molar-refractivity contribution < 1.29 is 9.66 Å². The van der Waals surface area contributed by atoms with Gasteiger partial charge in [0.1, 0.15) is 5.75 Å². The summed E-state index contributed by atoms with van der Waals surface area (Å²) in [7, 11) is 0. The largest absolute Gasteiger partial charge is 0.491 e. The number of nitrogens with zero attached hydrogens (tertiary/aromatic N) is 2. The van der Waals surface area contributed by atoms with E-state index < -0.39 is 4.92 Å². The van der Waals surface area contributed by atoms with E-state index in [-0.39, 0.29) is 5.69 Å². The Kier molecular flexibility index (Phi) is 6.62. The van der Waals surface area contributed by atoms with Gasteiger partial charge in [0, 0.05) is 22.7 Å². The van der Waals surface area contributed by atoms with E-state index in [4.69, 9.17) is 27.9 Å². The minimum absolute atomic E-state index is 0.0437. The van der Waals surface area contributed by atoms with E-state index >= 15 is 0 Å². The molecule has 0 saturated heterocycles. The predicted octanol–water partition coefficient (Wildman–Crippen LogP) is 6.00. The maximum Gasteiger partial charge on any atom is 0.269 e. The van der Waals surface area contributed by atoms with E-state index in [1.54, 1.807) is 18.2 Å². The average molecular weight is 391 g/mol. The highest BCUT2D eigenvalue weighted by Crippen LogP contribution is 2.35. The van der Waals surface area contributed by atoms with Gasteiger partial charge in [-0.05, 0) is 41.8 Å². The summed E-state index contributed by atoms with van der Waals surface area (Å²) in [6.07, 6.45) is 1.61. The number of nitro benzene ring substituents is 1. The molecular formula is C19H16Cl2N2O3. The molecule has 26 heavy (non-hydrogen) atoms. The highest BCUT2D eigenvalue weighted by Gasteiger charge is 2.13. The minimum Gasteiger partial charge on any atom is -0.491 e. The summed E-state index contributed by atoms with van der Waals surface area (Å²) < 4.78 is 5.78. The molecule has 0 amide bonds. The lowest BCUT2D eigenvalue weighted by atomic mass is 10.0. The molecule has 0 spiro atoms. The van der Waals surface area contributed by atoms with Gasteiger partial charge < -0.3 is 4.74 Å². The molecule has 2 aromatic carbocycles. The van der Waals surface area contributed by atoms with Gasteiger partial charge in [-0.1, -0.05) is 37.0 Å². The third kappa shape index (κ3) is 4.98. The van der Waals surface area contributed by atoms with Crippen LogP contribution >= 0.6 is 23.2 Å². The van der Waals surface area contributed by atoms with Crippen molar-refractivity contribution in [3.8, 4) is 11.8 Å². The Morgan fingerprint density at radius 3 is 2.50 bits per heavy atom. The van der Waals surface area contributed by atoms with Crippen molar-refractivity contribution in [1.82, 2.24) is 0 Å². The zero-order valence-electron chi connectivity index (χ0n) is 14.2. The Hall–Kier alpha value is -2.55. The van der Waals surface area contributed by atoms with E-state index in [1.165, 1.54) is 24.3 Å². The summed E-state index contributed by atoms with van der Waals surface area (Å²) in [6.45, 7) is 4.48. The molecular weight excluding hydrogens is 375 g/mol. The Balaban J connectivity index is 2.47. The van der Waals surface area contributed by atoms with Gasteiger partial charge in [-0.2, -0.15) is 5.26 Å². The second kappa shape index (κ2) is 8.70. The number of halogens is 2. The number of ether oxygens (including phenoxy) is 1. The number of rotatable bonds is 6. The zero-order valence-corrected chi connectivity index (χ0v) is 15.7. The van der Waals surface area contributed by atoms with Crippen LogP contribution in [0.2, 0.25) is 10.0 Å². The molecule has 0 aliphatic heterocycles. The summed E-state index contributed by atoms with van der Waals surface area (Å²) >= 11 is 12.3. The first-order valence-electron chi connectivity index (χ1n) is 7.80. The van der Waals surface area contributed by atoms with Gasteiger partial charge in [-0.25, -0.2) is 0 Å². The topological polar surface area (TPSA) is 76.2 Å². The van der Waals surface area contributed by atoms with Crippen molar-refractivity contribution in [3.05, 3.63) is 67.7 Å². The SMILES string of the molecule is CC(C)COc1c(Cl)cc(Cl)cc1/C=C(\C#N)c1ccc([N+](=O)[O-])cc1. The number of nitriles is 1. The van der Waals surface area contributed by atoms with Crippen molar-refractivity contribution in [2.75, 3.05) is 6.61 Å². The molecule has 0 N–H and O–H groups in total. The quantitative estimate of drug-likeness (QED) is 0.262. The lowest BCUT2D eigenvalue weighted by Gasteiger charge is -2.14. The zero-order chi connectivity index (χ0) is 19.3. The van der Waals surface area contributed by atoms with Gasteiger partial charge in [0.2, 0.25) is 0 Å². The lowest BCUT2D eigenvalue weighted by Crippen LogP contribution is -2.06. The molecule has 134 valence electrons. The highest BCUT2D eigenvalue weighted by molar-refractivity contribution is 6.36. The van der Waals surface area contributed by atoms with E-state index in [0.29, 0.717) is 45.0 Å². The third-order valence-electron chi connectivity index (χ3n) is 3.41. The van der Waals surface area contributed by atoms with E-state index in [9.17, 15) is 15.4 Å². The Bertz CT molecular complexity index is 885. The molecule has 0 saturated carbocycles. The summed E-state index contributed by atoms with van der Waals surface area (Å²) in [5, 5.41) is 21.0. The second-order valence-electron chi connectivity index (χ2n) is 5.98. The van der Waals surface area contributed by atoms with Crippen LogP contribution in [0.15, 0.2) is 36.4 Å². The summed E-state index contributed by atoms with van der Waals surface area (Å²) in [4.78, 5) is 10.3. The lowest BCUT2D eigenvalue weighted by molar-refractivity contribution is -0.384. The van der Waals surface area contributed by atoms with Gasteiger partial charge in [0.25, 0.3) is 5.69 Å². The summed E-state index contributed by atoms with van der Waals surface area (Å²) in [5.74, 6) is 0.739. The van der Waals surface area contributed by atoms with Gasteiger partial charge in [-0.3, -0.25) is 10.1 Å². The van der Waals surface area contributed by atoms with Crippen LogP contribution < -0.4 is 4.74 Å². The maximum atomic E-state index is 10.8. The fourth-order valence-electron chi connectivity index (χ4n) is 2.19. The standard InChI is InChI=1S/C19H16Cl2N2O3/c1-12(2)11-26-19-14(8-16(20)9-18(19)21)7-15(10-22)13-3-5-17(6-4-13)23(24)25/h3-9,12H,11H2,1-2H3/b15-7+. The Morgan fingerprint density at radius 1 is 1.31 bits per heavy atom. The van der Waals surface area contributed by atoms with Crippen LogP contribution in [0.5, 0.6) is 5.75 Å². The fourth-order valence-corrected chi connectivity index (χ4v) is 2.75. The van der Waals surface area contributed by atoms with Crippen LogP contribution in [-0.4, -0.2) is 11.5 Å². The van der Waals surface area contributed by atoms with Crippen LogP contribution in [-0.2, 0) is 0 Å². The summed E-state index contributed by atoms with van der Waals surface area (Å²) in [5.41, 5.74) is 1.38. The molecule has 5 nitrogen and oxygen atoms in total. The molecule has 0 atom stereocenters. The first kappa shape index (κ1) is 19.8. The normalized spacial score (nSPS) is 11.3. The van der Waals surface area contributed by atoms with Gasteiger partial charge in [0.05, 0.1) is 28.2 Å². The molecule has 2 rings (SSSR count). The Labute approximate surface area is 161 Å². The second-order valence-corrected chi connectivity index (χ2v) is 6.83. The predicted molar refractivity (Wildman–Crippen MR) is 103 cm³/mol. The first-order chi connectivity index (χ1) is 12.3. The Morgan fingerprint density at radius 2 is 1.96 bits per heavy atom. The van der Waals surface area contributed by atoms with Gasteiger partial charge in [0.15, 0.2) is 0 Å². The van der Waals surface area contributed by atoms with Gasteiger partial charge >= 0.3 is 0 Å². The van der Waals surface area contributed by atoms with Crippen LogP contribution in [0.3, 0.4) is 0 Å². The number of hydrogen-bond acceptors (Lipinski definition) is 4. The van der Waals surface area contributed by atoms with E-state index in [2.05, 4.69) is 6.07 Å². The van der Waals surface area contributed by atoms with Crippen molar-refractivity contribution in [3.63, 3.8) is 0 Å². The van der Waals surface area contributed by atoms with Crippen LogP contribution in [0.25, 0.3) is 11.6 Å². The molecule has 2 aromatic rings. The number of non-ortho nitro benzene ring substituents is 1. The average Bonchev–Trinajstić information content (AvgIpc) is 2.58.